The van der Waals surface area contributed by atoms with Crippen LogP contribution in [0.1, 0.15) is 26.7 Å². The Morgan fingerprint density at radius 3 is 2.73 bits per heavy atom. The van der Waals surface area contributed by atoms with Crippen molar-refractivity contribution >= 4 is 11.8 Å². The number of rotatable bonds is 1. The second-order valence-electron chi connectivity index (χ2n) is 3.09. The van der Waals surface area contributed by atoms with Crippen molar-refractivity contribution in [3.05, 3.63) is 6.42 Å². The van der Waals surface area contributed by atoms with Gasteiger partial charge in [0.2, 0.25) is 11.8 Å². The first-order chi connectivity index (χ1) is 5.06. The summed E-state index contributed by atoms with van der Waals surface area (Å²) in [6, 6.07) is 0. The van der Waals surface area contributed by atoms with Crippen molar-refractivity contribution in [2.45, 2.75) is 26.7 Å². The average molecular weight is 153 g/mol. The maximum absolute atomic E-state index is 10.9. The van der Waals surface area contributed by atoms with E-state index in [9.17, 15) is 9.59 Å². The van der Waals surface area contributed by atoms with Crippen LogP contribution in [0.3, 0.4) is 0 Å². The Hall–Kier alpha value is -0.860. The molecule has 0 spiro atoms. The van der Waals surface area contributed by atoms with E-state index in [1.54, 1.807) is 0 Å². The molecule has 1 N–H and O–H groups in total. The van der Waals surface area contributed by atoms with Gasteiger partial charge in [-0.1, -0.05) is 13.8 Å². The Labute approximate surface area is 66.2 Å². The summed E-state index contributed by atoms with van der Waals surface area (Å²) in [4.78, 5) is 21.7. The van der Waals surface area contributed by atoms with Gasteiger partial charge in [-0.2, -0.15) is 0 Å². The van der Waals surface area contributed by atoms with Crippen LogP contribution in [0.25, 0.3) is 0 Å². The fourth-order valence-corrected chi connectivity index (χ4v) is 1.09. The molecule has 0 aromatic rings. The molecule has 1 fully saturated rings. The summed E-state index contributed by atoms with van der Waals surface area (Å²) < 4.78 is 0. The molecule has 3 nitrogen and oxygen atoms in total. The summed E-state index contributed by atoms with van der Waals surface area (Å²) >= 11 is 0. The van der Waals surface area contributed by atoms with Crippen LogP contribution in [0.2, 0.25) is 0 Å². The average Bonchev–Trinajstić information content (AvgIpc) is 1.84. The Kier molecular flexibility index (Phi) is 1.98. The van der Waals surface area contributed by atoms with E-state index in [1.807, 2.05) is 13.8 Å². The van der Waals surface area contributed by atoms with E-state index in [-0.39, 0.29) is 17.2 Å². The molecule has 1 saturated heterocycles. The molecule has 2 radical (unpaired) electrons. The minimum absolute atomic E-state index is 0.196. The Morgan fingerprint density at radius 1 is 1.64 bits per heavy atom. The van der Waals surface area contributed by atoms with Crippen LogP contribution in [0, 0.1) is 11.8 Å². The molecule has 3 heteroatoms. The van der Waals surface area contributed by atoms with Crippen LogP contribution in [0.15, 0.2) is 0 Å². The zero-order valence-corrected chi connectivity index (χ0v) is 6.73. The number of piperidine rings is 1. The van der Waals surface area contributed by atoms with Crippen LogP contribution in [-0.2, 0) is 9.59 Å². The monoisotopic (exact) mass is 153 g/mol. The first-order valence-corrected chi connectivity index (χ1v) is 3.68. The van der Waals surface area contributed by atoms with Crippen molar-refractivity contribution < 1.29 is 9.59 Å². The zero-order chi connectivity index (χ0) is 8.48. The standard InChI is InChI=1S/C8H11NO2/c1-3-8(2)4-6(10)9-7(11)5-8/h3-4H2,1-2H3,(H,9,10,11). The molecule has 1 atom stereocenters. The lowest BCUT2D eigenvalue weighted by Gasteiger charge is -2.29. The number of hydrogen-bond donors (Lipinski definition) is 1. The summed E-state index contributed by atoms with van der Waals surface area (Å²) in [5, 5.41) is 2.18. The molecule has 60 valence electrons. The maximum Gasteiger partial charge on any atom is 0.235 e. The predicted molar refractivity (Wildman–Crippen MR) is 39.4 cm³/mol. The van der Waals surface area contributed by atoms with Gasteiger partial charge >= 0.3 is 0 Å². The molecular formula is C8H11NO2. The van der Waals surface area contributed by atoms with Gasteiger partial charge in [-0.3, -0.25) is 14.9 Å². The van der Waals surface area contributed by atoms with Gasteiger partial charge in [0.15, 0.2) is 0 Å². The van der Waals surface area contributed by atoms with Gasteiger partial charge in [0.1, 0.15) is 0 Å². The van der Waals surface area contributed by atoms with Crippen molar-refractivity contribution in [2.75, 3.05) is 0 Å². The fourth-order valence-electron chi connectivity index (χ4n) is 1.09. The van der Waals surface area contributed by atoms with Crippen LogP contribution in [0.5, 0.6) is 0 Å². The second-order valence-corrected chi connectivity index (χ2v) is 3.09. The van der Waals surface area contributed by atoms with E-state index in [0.717, 1.165) is 6.42 Å². The van der Waals surface area contributed by atoms with Crippen molar-refractivity contribution in [3.63, 3.8) is 0 Å². The molecular weight excluding hydrogens is 142 g/mol. The van der Waals surface area contributed by atoms with Crippen LogP contribution in [0.4, 0.5) is 0 Å². The van der Waals surface area contributed by atoms with E-state index in [2.05, 4.69) is 11.7 Å². The molecule has 0 bridgehead atoms. The normalized spacial score (nSPS) is 23.1. The lowest BCUT2D eigenvalue weighted by atomic mass is 9.78. The van der Waals surface area contributed by atoms with Crippen molar-refractivity contribution in [1.29, 1.82) is 0 Å². The van der Waals surface area contributed by atoms with E-state index in [4.69, 9.17) is 0 Å². The first kappa shape index (κ1) is 8.24. The summed E-state index contributed by atoms with van der Waals surface area (Å²) in [6.07, 6.45) is 3.84. The summed E-state index contributed by atoms with van der Waals surface area (Å²) in [5.74, 6) is -0.580. The third kappa shape index (κ3) is 1.79. The molecule has 0 aromatic heterocycles. The van der Waals surface area contributed by atoms with Gasteiger partial charge in [-0.25, -0.2) is 0 Å². The van der Waals surface area contributed by atoms with E-state index < -0.39 is 0 Å². The Balaban J connectivity index is 2.70. The van der Waals surface area contributed by atoms with Crippen LogP contribution >= 0.6 is 0 Å². The minimum atomic E-state index is -0.384. The van der Waals surface area contributed by atoms with Gasteiger partial charge in [-0.05, 0) is 11.8 Å². The van der Waals surface area contributed by atoms with Gasteiger partial charge in [-0.15, -0.1) is 0 Å². The highest BCUT2D eigenvalue weighted by atomic mass is 16.2. The molecule has 11 heavy (non-hydrogen) atoms. The smallest absolute Gasteiger partial charge is 0.235 e. The lowest BCUT2D eigenvalue weighted by molar-refractivity contribution is -0.133. The Morgan fingerprint density at radius 2 is 2.27 bits per heavy atom. The highest BCUT2D eigenvalue weighted by molar-refractivity contribution is 6.03. The third-order valence-corrected chi connectivity index (χ3v) is 2.00. The van der Waals surface area contributed by atoms with Gasteiger partial charge in [0.25, 0.3) is 0 Å². The van der Waals surface area contributed by atoms with Crippen LogP contribution in [-0.4, -0.2) is 11.8 Å². The molecule has 1 aliphatic heterocycles. The maximum atomic E-state index is 10.9. The molecule has 1 unspecified atom stereocenters. The highest BCUT2D eigenvalue weighted by Crippen LogP contribution is 2.31. The van der Waals surface area contributed by atoms with Gasteiger partial charge < -0.3 is 0 Å². The number of imide groups is 1. The number of carbonyl (C=O) groups is 2. The first-order valence-electron chi connectivity index (χ1n) is 3.68. The minimum Gasteiger partial charge on any atom is -0.296 e. The van der Waals surface area contributed by atoms with Gasteiger partial charge in [0.05, 0.1) is 6.42 Å². The summed E-state index contributed by atoms with van der Waals surface area (Å²) in [5.41, 5.74) is -0.348. The number of amides is 2. The highest BCUT2D eigenvalue weighted by Gasteiger charge is 2.34. The SMILES string of the molecule is CCC1(C)[C]C(=O)NC(=O)C1. The number of hydrogen-bond acceptors (Lipinski definition) is 2. The zero-order valence-electron chi connectivity index (χ0n) is 6.73. The molecule has 1 aliphatic rings. The molecule has 1 rings (SSSR count). The molecule has 0 aliphatic carbocycles. The second kappa shape index (κ2) is 2.64. The van der Waals surface area contributed by atoms with Crippen LogP contribution < -0.4 is 5.32 Å². The van der Waals surface area contributed by atoms with E-state index in [1.165, 1.54) is 0 Å². The molecule has 0 aromatic carbocycles. The molecule has 2 amide bonds. The fraction of sp³-hybridized carbons (Fsp3) is 0.625. The van der Waals surface area contributed by atoms with Crippen molar-refractivity contribution in [2.24, 2.45) is 5.41 Å². The van der Waals surface area contributed by atoms with E-state index in [0.29, 0.717) is 6.42 Å². The van der Waals surface area contributed by atoms with Crippen molar-refractivity contribution in [1.82, 2.24) is 5.32 Å². The molecule has 0 saturated carbocycles. The largest absolute Gasteiger partial charge is 0.296 e. The summed E-state index contributed by atoms with van der Waals surface area (Å²) in [7, 11) is 0. The molecule has 1 heterocycles. The quantitative estimate of drug-likeness (QED) is 0.558. The van der Waals surface area contributed by atoms with Gasteiger partial charge in [0, 0.05) is 6.42 Å². The topological polar surface area (TPSA) is 46.2 Å². The number of nitrogens with one attached hydrogen (secondary N) is 1. The van der Waals surface area contributed by atoms with Crippen molar-refractivity contribution in [3.8, 4) is 0 Å². The van der Waals surface area contributed by atoms with E-state index >= 15 is 0 Å². The number of carbonyl (C=O) groups excluding carboxylic acids is 2. The third-order valence-electron chi connectivity index (χ3n) is 2.00. The Bertz CT molecular complexity index is 182. The lowest BCUT2D eigenvalue weighted by Crippen LogP contribution is -2.43. The predicted octanol–water partition coefficient (Wildman–Crippen LogP) is 0.530. The summed E-state index contributed by atoms with van der Waals surface area (Å²) in [6.45, 7) is 3.81.